The SMILES string of the molecule is Cc1cc(OCC(C)CS(=O)[O-])ncc1-c1ccc(F)c(CCBr)c1. The molecule has 0 saturated heterocycles. The zero-order valence-electron chi connectivity index (χ0n) is 14.1. The minimum absolute atomic E-state index is 0.0585. The first kappa shape index (κ1) is 20.0. The monoisotopic (exact) mass is 428 g/mol. The van der Waals surface area contributed by atoms with Crippen LogP contribution in [0.2, 0.25) is 0 Å². The van der Waals surface area contributed by atoms with Crippen LogP contribution in [0.25, 0.3) is 11.1 Å². The number of hydrogen-bond acceptors (Lipinski definition) is 4. The number of ether oxygens (including phenoxy) is 1. The van der Waals surface area contributed by atoms with Crippen molar-refractivity contribution >= 4 is 27.0 Å². The van der Waals surface area contributed by atoms with Gasteiger partial charge < -0.3 is 9.29 Å². The standard InChI is InChI=1S/C18H21BrFNO3S/c1-12(11-25(22)23)10-24-18-7-13(2)16(9-21-18)14-3-4-17(20)15(8-14)5-6-19/h3-4,7-9,12H,5-6,10-11H2,1-2H3,(H,22,23)/p-1. The molecule has 0 saturated carbocycles. The fraction of sp³-hybridized carbons (Fsp3) is 0.389. The molecule has 7 heteroatoms. The van der Waals surface area contributed by atoms with Crippen LogP contribution < -0.4 is 4.74 Å². The van der Waals surface area contributed by atoms with E-state index in [4.69, 9.17) is 4.74 Å². The molecule has 136 valence electrons. The van der Waals surface area contributed by atoms with Crippen molar-refractivity contribution < 1.29 is 17.9 Å². The summed E-state index contributed by atoms with van der Waals surface area (Å²) in [7, 11) is 0. The first-order valence-electron chi connectivity index (χ1n) is 7.90. The maximum Gasteiger partial charge on any atom is 0.213 e. The molecule has 0 spiro atoms. The molecular weight excluding hydrogens is 409 g/mol. The van der Waals surface area contributed by atoms with E-state index in [-0.39, 0.29) is 24.1 Å². The summed E-state index contributed by atoms with van der Waals surface area (Å²) >= 11 is 1.26. The molecule has 0 radical (unpaired) electrons. The third-order valence-electron chi connectivity index (χ3n) is 3.74. The smallest absolute Gasteiger partial charge is 0.213 e. The van der Waals surface area contributed by atoms with Crippen LogP contribution in [0.3, 0.4) is 0 Å². The Hall–Kier alpha value is -1.31. The third-order valence-corrected chi connectivity index (χ3v) is 4.98. The summed E-state index contributed by atoms with van der Waals surface area (Å²) in [5.74, 6) is 0.193. The van der Waals surface area contributed by atoms with Crippen molar-refractivity contribution in [2.45, 2.75) is 20.3 Å². The van der Waals surface area contributed by atoms with Gasteiger partial charge >= 0.3 is 0 Å². The van der Waals surface area contributed by atoms with Crippen LogP contribution in [-0.2, 0) is 17.5 Å². The Morgan fingerprint density at radius 3 is 2.80 bits per heavy atom. The Labute approximate surface area is 158 Å². The van der Waals surface area contributed by atoms with Crippen molar-refractivity contribution in [2.75, 3.05) is 17.7 Å². The van der Waals surface area contributed by atoms with E-state index in [0.717, 1.165) is 16.7 Å². The van der Waals surface area contributed by atoms with Crippen molar-refractivity contribution in [1.82, 2.24) is 4.98 Å². The average Bonchev–Trinajstić information content (AvgIpc) is 2.55. The van der Waals surface area contributed by atoms with Crippen molar-refractivity contribution in [3.8, 4) is 17.0 Å². The quantitative estimate of drug-likeness (QED) is 0.470. The van der Waals surface area contributed by atoms with Crippen LogP contribution in [0.5, 0.6) is 5.88 Å². The highest BCUT2D eigenvalue weighted by Crippen LogP contribution is 2.27. The number of pyridine rings is 1. The van der Waals surface area contributed by atoms with Crippen LogP contribution in [0, 0.1) is 18.7 Å². The van der Waals surface area contributed by atoms with Gasteiger partial charge in [-0.25, -0.2) is 9.37 Å². The van der Waals surface area contributed by atoms with Gasteiger partial charge in [-0.1, -0.05) is 40.0 Å². The number of hydrogen-bond donors (Lipinski definition) is 0. The van der Waals surface area contributed by atoms with Crippen LogP contribution >= 0.6 is 15.9 Å². The van der Waals surface area contributed by atoms with Gasteiger partial charge in [0, 0.05) is 34.8 Å². The van der Waals surface area contributed by atoms with Crippen LogP contribution in [-0.4, -0.2) is 31.4 Å². The number of rotatable bonds is 8. The van der Waals surface area contributed by atoms with E-state index in [1.165, 1.54) is 6.07 Å². The van der Waals surface area contributed by atoms with Gasteiger partial charge in [0.1, 0.15) is 5.82 Å². The molecule has 2 unspecified atom stereocenters. The van der Waals surface area contributed by atoms with Crippen molar-refractivity contribution in [2.24, 2.45) is 5.92 Å². The van der Waals surface area contributed by atoms with E-state index < -0.39 is 11.1 Å². The van der Waals surface area contributed by atoms with Crippen LogP contribution in [0.1, 0.15) is 18.1 Å². The van der Waals surface area contributed by atoms with E-state index in [0.29, 0.717) is 23.2 Å². The van der Waals surface area contributed by atoms with Gasteiger partial charge in [-0.05, 0) is 42.2 Å². The number of aryl methyl sites for hydroxylation is 2. The zero-order valence-corrected chi connectivity index (χ0v) is 16.5. The van der Waals surface area contributed by atoms with E-state index in [9.17, 15) is 13.2 Å². The fourth-order valence-corrected chi connectivity index (χ4v) is 3.44. The van der Waals surface area contributed by atoms with Gasteiger partial charge in [0.05, 0.1) is 6.61 Å². The van der Waals surface area contributed by atoms with Crippen LogP contribution in [0.4, 0.5) is 4.39 Å². The van der Waals surface area contributed by atoms with Gasteiger partial charge in [0.15, 0.2) is 0 Å². The van der Waals surface area contributed by atoms with Crippen molar-refractivity contribution in [3.05, 3.63) is 47.4 Å². The summed E-state index contributed by atoms with van der Waals surface area (Å²) in [6.07, 6.45) is 2.32. The van der Waals surface area contributed by atoms with Gasteiger partial charge in [0.2, 0.25) is 5.88 Å². The first-order valence-corrected chi connectivity index (χ1v) is 10.3. The topological polar surface area (TPSA) is 62.2 Å². The summed E-state index contributed by atoms with van der Waals surface area (Å²) < 4.78 is 40.7. The molecular formula is C18H20BrFNO3S-. The van der Waals surface area contributed by atoms with Crippen molar-refractivity contribution in [1.29, 1.82) is 0 Å². The molecule has 2 atom stereocenters. The molecule has 1 aromatic carbocycles. The predicted molar refractivity (Wildman–Crippen MR) is 100 cm³/mol. The number of halogens is 2. The molecule has 1 heterocycles. The molecule has 4 nitrogen and oxygen atoms in total. The molecule has 0 aliphatic carbocycles. The lowest BCUT2D eigenvalue weighted by molar-refractivity contribution is 0.261. The van der Waals surface area contributed by atoms with E-state index >= 15 is 0 Å². The number of benzene rings is 1. The highest BCUT2D eigenvalue weighted by molar-refractivity contribution is 9.09. The molecule has 0 bridgehead atoms. The van der Waals surface area contributed by atoms with Gasteiger partial charge in [-0.2, -0.15) is 0 Å². The van der Waals surface area contributed by atoms with E-state index in [1.54, 1.807) is 19.2 Å². The lowest BCUT2D eigenvalue weighted by Gasteiger charge is -2.15. The molecule has 0 aliphatic rings. The first-order chi connectivity index (χ1) is 11.9. The Kier molecular flexibility index (Phi) is 7.53. The second-order valence-corrected chi connectivity index (χ2v) is 7.70. The minimum atomic E-state index is -2.08. The fourth-order valence-electron chi connectivity index (χ4n) is 2.46. The predicted octanol–water partition coefficient (Wildman–Crippen LogP) is 4.03. The highest BCUT2D eigenvalue weighted by Gasteiger charge is 2.10. The minimum Gasteiger partial charge on any atom is -0.772 e. The largest absolute Gasteiger partial charge is 0.772 e. The highest BCUT2D eigenvalue weighted by atomic mass is 79.9. The molecule has 2 aromatic rings. The summed E-state index contributed by atoms with van der Waals surface area (Å²) in [4.78, 5) is 4.29. The number of nitrogens with zero attached hydrogens (tertiary/aromatic N) is 1. The average molecular weight is 429 g/mol. The summed E-state index contributed by atoms with van der Waals surface area (Å²) in [5, 5.41) is 0.698. The normalized spacial score (nSPS) is 13.5. The number of alkyl halides is 1. The van der Waals surface area contributed by atoms with E-state index in [2.05, 4.69) is 20.9 Å². The summed E-state index contributed by atoms with van der Waals surface area (Å²) in [6.45, 7) is 4.03. The second-order valence-electron chi connectivity index (χ2n) is 5.97. The van der Waals surface area contributed by atoms with E-state index in [1.807, 2.05) is 19.1 Å². The maximum absolute atomic E-state index is 13.8. The third kappa shape index (κ3) is 5.87. The molecule has 0 aliphatic heterocycles. The zero-order chi connectivity index (χ0) is 18.4. The van der Waals surface area contributed by atoms with Gasteiger partial charge in [-0.3, -0.25) is 4.21 Å². The summed E-state index contributed by atoms with van der Waals surface area (Å²) in [5.41, 5.74) is 3.44. The van der Waals surface area contributed by atoms with Gasteiger partial charge in [-0.15, -0.1) is 0 Å². The second kappa shape index (κ2) is 9.40. The molecule has 0 amide bonds. The Balaban J connectivity index is 2.14. The lowest BCUT2D eigenvalue weighted by Crippen LogP contribution is -2.16. The van der Waals surface area contributed by atoms with Crippen LogP contribution in [0.15, 0.2) is 30.5 Å². The molecule has 2 rings (SSSR count). The Morgan fingerprint density at radius 1 is 1.40 bits per heavy atom. The Bertz CT molecular complexity index is 757. The number of aromatic nitrogens is 1. The maximum atomic E-state index is 13.8. The Morgan fingerprint density at radius 2 is 2.16 bits per heavy atom. The molecule has 25 heavy (non-hydrogen) atoms. The molecule has 1 aromatic heterocycles. The summed E-state index contributed by atoms with van der Waals surface area (Å²) in [6, 6.07) is 6.86. The molecule has 0 fully saturated rings. The molecule has 0 N–H and O–H groups in total. The van der Waals surface area contributed by atoms with Gasteiger partial charge in [0.25, 0.3) is 0 Å². The van der Waals surface area contributed by atoms with Crippen molar-refractivity contribution in [3.63, 3.8) is 0 Å². The lowest BCUT2D eigenvalue weighted by atomic mass is 10.00.